The maximum atomic E-state index is 11.9. The summed E-state index contributed by atoms with van der Waals surface area (Å²) < 4.78 is 15.5. The predicted octanol–water partition coefficient (Wildman–Crippen LogP) is 3.49. The van der Waals surface area contributed by atoms with Crippen LogP contribution < -0.4 is 10.1 Å². The third kappa shape index (κ3) is 3.69. The largest absolute Gasteiger partial charge is 0.496 e. The monoisotopic (exact) mass is 353 g/mol. The molecule has 1 heterocycles. The number of carbonyl (C=O) groups excluding carboxylic acids is 2. The smallest absolute Gasteiger partial charge is 0.350 e. The Bertz CT molecular complexity index is 846. The maximum absolute atomic E-state index is 11.9. The van der Waals surface area contributed by atoms with Crippen molar-refractivity contribution in [1.82, 2.24) is 0 Å². The van der Waals surface area contributed by atoms with Gasteiger partial charge in [-0.2, -0.15) is 0 Å². The summed E-state index contributed by atoms with van der Waals surface area (Å²) in [6, 6.07) is 15.2. The minimum Gasteiger partial charge on any atom is -0.496 e. The number of nitrogens with one attached hydrogen (secondary N) is 1. The molecule has 0 amide bonds. The van der Waals surface area contributed by atoms with Crippen molar-refractivity contribution in [2.75, 3.05) is 12.4 Å². The van der Waals surface area contributed by atoms with Crippen molar-refractivity contribution in [2.24, 2.45) is 0 Å². The van der Waals surface area contributed by atoms with Gasteiger partial charge < -0.3 is 19.5 Å². The number of methoxy groups -OCH3 is 1. The number of benzene rings is 2. The molecule has 2 aromatic rings. The van der Waals surface area contributed by atoms with E-state index in [4.69, 9.17) is 14.2 Å². The van der Waals surface area contributed by atoms with E-state index < -0.39 is 17.7 Å². The molecule has 1 saturated heterocycles. The Morgan fingerprint density at radius 3 is 2.19 bits per heavy atom. The van der Waals surface area contributed by atoms with Gasteiger partial charge >= 0.3 is 11.9 Å². The van der Waals surface area contributed by atoms with Gasteiger partial charge in [-0.1, -0.05) is 30.3 Å². The first-order valence-electron chi connectivity index (χ1n) is 8.06. The summed E-state index contributed by atoms with van der Waals surface area (Å²) in [6.07, 6.45) is 1.29. The Morgan fingerprint density at radius 1 is 0.962 bits per heavy atom. The van der Waals surface area contributed by atoms with Gasteiger partial charge in [0.1, 0.15) is 5.75 Å². The number of hydrogen-bond acceptors (Lipinski definition) is 6. The summed E-state index contributed by atoms with van der Waals surface area (Å²) >= 11 is 0. The van der Waals surface area contributed by atoms with Gasteiger partial charge in [0.15, 0.2) is 5.57 Å². The van der Waals surface area contributed by atoms with Crippen LogP contribution in [0.15, 0.2) is 60.3 Å². The Kier molecular flexibility index (Phi) is 4.67. The van der Waals surface area contributed by atoms with E-state index in [0.29, 0.717) is 5.69 Å². The lowest BCUT2D eigenvalue weighted by Gasteiger charge is -2.29. The summed E-state index contributed by atoms with van der Waals surface area (Å²) in [7, 11) is 1.63. The zero-order valence-corrected chi connectivity index (χ0v) is 14.7. The molecule has 3 rings (SSSR count). The fraction of sp³-hybridized carbons (Fsp3) is 0.200. The van der Waals surface area contributed by atoms with Crippen molar-refractivity contribution in [3.05, 3.63) is 60.3 Å². The van der Waals surface area contributed by atoms with Crippen LogP contribution in [0.2, 0.25) is 0 Å². The van der Waals surface area contributed by atoms with Crippen LogP contribution in [0.25, 0.3) is 11.1 Å². The second-order valence-electron chi connectivity index (χ2n) is 6.16. The Balaban J connectivity index is 1.76. The quantitative estimate of drug-likeness (QED) is 0.515. The highest BCUT2D eigenvalue weighted by molar-refractivity contribution is 6.15. The molecule has 0 unspecified atom stereocenters. The lowest BCUT2D eigenvalue weighted by atomic mass is 10.0. The second-order valence-corrected chi connectivity index (χ2v) is 6.16. The lowest BCUT2D eigenvalue weighted by Crippen LogP contribution is -2.42. The number of para-hydroxylation sites is 1. The molecule has 0 radical (unpaired) electrons. The van der Waals surface area contributed by atoms with Gasteiger partial charge in [-0.3, -0.25) is 0 Å². The van der Waals surface area contributed by atoms with Crippen LogP contribution in [0, 0.1) is 0 Å². The lowest BCUT2D eigenvalue weighted by molar-refractivity contribution is -0.222. The van der Waals surface area contributed by atoms with E-state index in [-0.39, 0.29) is 5.57 Å². The highest BCUT2D eigenvalue weighted by atomic mass is 16.7. The van der Waals surface area contributed by atoms with E-state index in [9.17, 15) is 9.59 Å². The van der Waals surface area contributed by atoms with Crippen LogP contribution in [0.3, 0.4) is 0 Å². The summed E-state index contributed by atoms with van der Waals surface area (Å²) in [5.74, 6) is -1.90. The van der Waals surface area contributed by atoms with Crippen molar-refractivity contribution < 1.29 is 23.8 Å². The normalized spacial score (nSPS) is 15.7. The number of esters is 2. The molecule has 0 bridgehead atoms. The first kappa shape index (κ1) is 17.5. The first-order valence-corrected chi connectivity index (χ1v) is 8.06. The number of cyclic esters (lactones) is 2. The molecular weight excluding hydrogens is 334 g/mol. The van der Waals surface area contributed by atoms with Crippen molar-refractivity contribution >= 4 is 17.6 Å². The molecule has 1 fully saturated rings. The number of rotatable bonds is 4. The van der Waals surface area contributed by atoms with Crippen molar-refractivity contribution in [3.8, 4) is 16.9 Å². The molecule has 6 heteroatoms. The molecule has 2 aromatic carbocycles. The van der Waals surface area contributed by atoms with Gasteiger partial charge in [0.05, 0.1) is 7.11 Å². The molecule has 1 aliphatic rings. The fourth-order valence-corrected chi connectivity index (χ4v) is 2.56. The minimum absolute atomic E-state index is 0.182. The number of anilines is 1. The topological polar surface area (TPSA) is 73.9 Å². The maximum Gasteiger partial charge on any atom is 0.350 e. The molecule has 1 aliphatic heterocycles. The Morgan fingerprint density at radius 2 is 1.58 bits per heavy atom. The molecule has 26 heavy (non-hydrogen) atoms. The van der Waals surface area contributed by atoms with Crippen LogP contribution in [0.4, 0.5) is 5.69 Å². The summed E-state index contributed by atoms with van der Waals surface area (Å²) in [5, 5.41) is 2.91. The van der Waals surface area contributed by atoms with Gasteiger partial charge in [0, 0.05) is 31.3 Å². The summed E-state index contributed by atoms with van der Waals surface area (Å²) in [4.78, 5) is 23.8. The molecule has 134 valence electrons. The van der Waals surface area contributed by atoms with Gasteiger partial charge in [-0.25, -0.2) is 9.59 Å². The molecule has 1 N–H and O–H groups in total. The van der Waals surface area contributed by atoms with E-state index in [1.165, 1.54) is 20.0 Å². The molecule has 0 aromatic heterocycles. The van der Waals surface area contributed by atoms with Crippen LogP contribution in [0.5, 0.6) is 5.75 Å². The molecule has 0 aliphatic carbocycles. The fourth-order valence-electron chi connectivity index (χ4n) is 2.56. The van der Waals surface area contributed by atoms with Gasteiger partial charge in [0.25, 0.3) is 5.79 Å². The van der Waals surface area contributed by atoms with E-state index in [0.717, 1.165) is 16.9 Å². The SMILES string of the molecule is COc1ccccc1-c1ccc(NC=C2C(=O)OC(C)(C)OC2=O)cc1. The van der Waals surface area contributed by atoms with Crippen molar-refractivity contribution in [3.63, 3.8) is 0 Å². The Labute approximate surface area is 151 Å². The van der Waals surface area contributed by atoms with Gasteiger partial charge in [-0.05, 0) is 23.8 Å². The molecule has 0 spiro atoms. The first-order chi connectivity index (χ1) is 12.4. The number of hydrogen-bond donors (Lipinski definition) is 1. The number of carbonyl (C=O) groups is 2. The van der Waals surface area contributed by atoms with E-state index in [2.05, 4.69) is 5.32 Å². The van der Waals surface area contributed by atoms with E-state index in [1.807, 2.05) is 48.5 Å². The third-order valence-electron chi connectivity index (χ3n) is 3.80. The van der Waals surface area contributed by atoms with Gasteiger partial charge in [-0.15, -0.1) is 0 Å². The minimum atomic E-state index is -1.25. The average Bonchev–Trinajstić information content (AvgIpc) is 2.60. The van der Waals surface area contributed by atoms with Crippen molar-refractivity contribution in [1.29, 1.82) is 0 Å². The Hall–Kier alpha value is -3.28. The highest BCUT2D eigenvalue weighted by Crippen LogP contribution is 2.30. The molecule has 0 saturated carbocycles. The third-order valence-corrected chi connectivity index (χ3v) is 3.80. The zero-order valence-electron chi connectivity index (χ0n) is 14.7. The van der Waals surface area contributed by atoms with E-state index in [1.54, 1.807) is 7.11 Å². The number of ether oxygens (including phenoxy) is 3. The van der Waals surface area contributed by atoms with Gasteiger partial charge in [0.2, 0.25) is 0 Å². The van der Waals surface area contributed by atoms with Crippen LogP contribution in [0.1, 0.15) is 13.8 Å². The molecule has 0 atom stereocenters. The van der Waals surface area contributed by atoms with Crippen LogP contribution >= 0.6 is 0 Å². The summed E-state index contributed by atoms with van der Waals surface area (Å²) in [5.41, 5.74) is 2.49. The zero-order chi connectivity index (χ0) is 18.7. The van der Waals surface area contributed by atoms with Crippen LogP contribution in [-0.4, -0.2) is 24.8 Å². The van der Waals surface area contributed by atoms with Crippen molar-refractivity contribution in [2.45, 2.75) is 19.6 Å². The summed E-state index contributed by atoms with van der Waals surface area (Å²) in [6.45, 7) is 3.01. The standard InChI is InChI=1S/C20H19NO5/c1-20(2)25-18(22)16(19(23)26-20)12-21-14-10-8-13(9-11-14)15-6-4-5-7-17(15)24-3/h4-12,21H,1-3H3. The average molecular weight is 353 g/mol. The predicted molar refractivity (Wildman–Crippen MR) is 96.4 cm³/mol. The second kappa shape index (κ2) is 6.92. The van der Waals surface area contributed by atoms with Crippen LogP contribution in [-0.2, 0) is 19.1 Å². The van der Waals surface area contributed by atoms with E-state index >= 15 is 0 Å². The molecule has 6 nitrogen and oxygen atoms in total. The molecular formula is C20H19NO5. The highest BCUT2D eigenvalue weighted by Gasteiger charge is 2.38.